The first-order chi connectivity index (χ1) is 9.04. The molecule has 104 valence electrons. The van der Waals surface area contributed by atoms with Gasteiger partial charge >= 0.3 is 0 Å². The summed E-state index contributed by atoms with van der Waals surface area (Å²) in [7, 11) is 0. The standard InChI is InChI=1S/C15H21FN2O/c1-10-6-7-18(12(8-10)9-17)15(19)13-5-3-4-11(2)14(13)16/h3-5,10,12H,6-9,17H2,1-2H3. The molecular weight excluding hydrogens is 243 g/mol. The van der Waals surface area contributed by atoms with Crippen LogP contribution in [0.1, 0.15) is 35.7 Å². The molecule has 1 aromatic rings. The number of nitrogens with zero attached hydrogens (tertiary/aromatic N) is 1. The van der Waals surface area contributed by atoms with Crippen molar-refractivity contribution in [3.05, 3.63) is 35.1 Å². The Morgan fingerprint density at radius 3 is 2.95 bits per heavy atom. The van der Waals surface area contributed by atoms with Crippen LogP contribution in [0.15, 0.2) is 18.2 Å². The van der Waals surface area contributed by atoms with Crippen LogP contribution >= 0.6 is 0 Å². The van der Waals surface area contributed by atoms with E-state index in [1.807, 2.05) is 0 Å². The highest BCUT2D eigenvalue weighted by molar-refractivity contribution is 5.95. The summed E-state index contributed by atoms with van der Waals surface area (Å²) in [6.45, 7) is 4.93. The van der Waals surface area contributed by atoms with E-state index >= 15 is 0 Å². The number of piperidine rings is 1. The maximum Gasteiger partial charge on any atom is 0.257 e. The van der Waals surface area contributed by atoms with Gasteiger partial charge in [-0.15, -0.1) is 0 Å². The minimum absolute atomic E-state index is 0.0242. The molecular formula is C15H21FN2O. The number of aryl methyl sites for hydroxylation is 1. The summed E-state index contributed by atoms with van der Waals surface area (Å²) in [6, 6.07) is 4.97. The third-order valence-corrected chi connectivity index (χ3v) is 3.93. The monoisotopic (exact) mass is 264 g/mol. The third kappa shape index (κ3) is 2.78. The van der Waals surface area contributed by atoms with E-state index in [1.54, 1.807) is 30.0 Å². The van der Waals surface area contributed by atoms with Crippen LogP contribution in [0, 0.1) is 18.7 Å². The summed E-state index contributed by atoms with van der Waals surface area (Å²) in [5.41, 5.74) is 6.41. The Bertz CT molecular complexity index is 475. The van der Waals surface area contributed by atoms with Gasteiger partial charge in [-0.2, -0.15) is 0 Å². The highest BCUT2D eigenvalue weighted by Gasteiger charge is 2.30. The zero-order valence-corrected chi connectivity index (χ0v) is 11.5. The van der Waals surface area contributed by atoms with Gasteiger partial charge in [-0.25, -0.2) is 4.39 Å². The van der Waals surface area contributed by atoms with Gasteiger partial charge < -0.3 is 10.6 Å². The molecule has 1 fully saturated rings. The van der Waals surface area contributed by atoms with Gasteiger partial charge in [0.15, 0.2) is 0 Å². The molecule has 1 aliphatic heterocycles. The number of halogens is 1. The van der Waals surface area contributed by atoms with Gasteiger partial charge in [0.1, 0.15) is 5.82 Å². The second-order valence-corrected chi connectivity index (χ2v) is 5.45. The Morgan fingerprint density at radius 1 is 1.53 bits per heavy atom. The van der Waals surface area contributed by atoms with Crippen LogP contribution in [0.3, 0.4) is 0 Å². The van der Waals surface area contributed by atoms with E-state index < -0.39 is 5.82 Å². The molecule has 2 rings (SSSR count). The van der Waals surface area contributed by atoms with Crippen LogP contribution in [0.5, 0.6) is 0 Å². The summed E-state index contributed by atoms with van der Waals surface area (Å²) in [5, 5.41) is 0. The quantitative estimate of drug-likeness (QED) is 0.891. The Balaban J connectivity index is 2.25. The van der Waals surface area contributed by atoms with Crippen LogP contribution in [0.2, 0.25) is 0 Å². The van der Waals surface area contributed by atoms with E-state index in [0.717, 1.165) is 12.8 Å². The number of carbonyl (C=O) groups excluding carboxylic acids is 1. The average molecular weight is 264 g/mol. The molecule has 2 unspecified atom stereocenters. The number of likely N-dealkylation sites (tertiary alicyclic amines) is 1. The lowest BCUT2D eigenvalue weighted by Crippen LogP contribution is -2.49. The number of nitrogens with two attached hydrogens (primary N) is 1. The third-order valence-electron chi connectivity index (χ3n) is 3.93. The molecule has 0 bridgehead atoms. The zero-order chi connectivity index (χ0) is 14.0. The second kappa shape index (κ2) is 5.70. The molecule has 2 atom stereocenters. The van der Waals surface area contributed by atoms with Gasteiger partial charge in [0.25, 0.3) is 5.91 Å². The minimum Gasteiger partial charge on any atom is -0.334 e. The Kier molecular flexibility index (Phi) is 4.20. The normalized spacial score (nSPS) is 23.5. The zero-order valence-electron chi connectivity index (χ0n) is 11.5. The summed E-state index contributed by atoms with van der Waals surface area (Å²) >= 11 is 0. The number of amides is 1. The SMILES string of the molecule is Cc1cccc(C(=O)N2CCC(C)CC2CN)c1F. The fraction of sp³-hybridized carbons (Fsp3) is 0.533. The van der Waals surface area contributed by atoms with Crippen LogP contribution in [-0.2, 0) is 0 Å². The molecule has 2 N–H and O–H groups in total. The predicted molar refractivity (Wildman–Crippen MR) is 73.4 cm³/mol. The number of hydrogen-bond donors (Lipinski definition) is 1. The van der Waals surface area contributed by atoms with Crippen molar-refractivity contribution in [3.8, 4) is 0 Å². The molecule has 1 amide bonds. The maximum atomic E-state index is 14.0. The summed E-state index contributed by atoms with van der Waals surface area (Å²) < 4.78 is 14.0. The smallest absolute Gasteiger partial charge is 0.257 e. The fourth-order valence-corrected chi connectivity index (χ4v) is 2.71. The van der Waals surface area contributed by atoms with Gasteiger partial charge in [0, 0.05) is 19.1 Å². The highest BCUT2D eigenvalue weighted by atomic mass is 19.1. The molecule has 1 heterocycles. The number of benzene rings is 1. The number of rotatable bonds is 2. The number of carbonyl (C=O) groups is 1. The van der Waals surface area contributed by atoms with Gasteiger partial charge in [0.2, 0.25) is 0 Å². The van der Waals surface area contributed by atoms with Crippen LogP contribution in [-0.4, -0.2) is 29.9 Å². The van der Waals surface area contributed by atoms with Crippen molar-refractivity contribution in [1.82, 2.24) is 4.90 Å². The van der Waals surface area contributed by atoms with Crippen molar-refractivity contribution in [2.75, 3.05) is 13.1 Å². The van der Waals surface area contributed by atoms with Crippen LogP contribution < -0.4 is 5.73 Å². The van der Waals surface area contributed by atoms with E-state index in [4.69, 9.17) is 5.73 Å². The molecule has 19 heavy (non-hydrogen) atoms. The van der Waals surface area contributed by atoms with Crippen molar-refractivity contribution in [1.29, 1.82) is 0 Å². The van der Waals surface area contributed by atoms with Crippen molar-refractivity contribution in [2.45, 2.75) is 32.7 Å². The van der Waals surface area contributed by atoms with Crippen LogP contribution in [0.4, 0.5) is 4.39 Å². The van der Waals surface area contributed by atoms with E-state index in [1.165, 1.54) is 0 Å². The maximum absolute atomic E-state index is 14.0. The van der Waals surface area contributed by atoms with Gasteiger partial charge in [-0.3, -0.25) is 4.79 Å². The van der Waals surface area contributed by atoms with Crippen molar-refractivity contribution in [3.63, 3.8) is 0 Å². The molecule has 4 heteroatoms. The molecule has 0 spiro atoms. The second-order valence-electron chi connectivity index (χ2n) is 5.45. The van der Waals surface area contributed by atoms with Crippen molar-refractivity contribution >= 4 is 5.91 Å². The largest absolute Gasteiger partial charge is 0.334 e. The molecule has 0 saturated carbocycles. The lowest BCUT2D eigenvalue weighted by atomic mass is 9.91. The molecule has 0 aliphatic carbocycles. The van der Waals surface area contributed by atoms with E-state index in [0.29, 0.717) is 24.6 Å². The first-order valence-electron chi connectivity index (χ1n) is 6.80. The minimum atomic E-state index is -0.415. The van der Waals surface area contributed by atoms with Crippen molar-refractivity contribution in [2.24, 2.45) is 11.7 Å². The molecule has 0 aromatic heterocycles. The predicted octanol–water partition coefficient (Wildman–Crippen LogP) is 2.33. The lowest BCUT2D eigenvalue weighted by molar-refractivity contribution is 0.0569. The van der Waals surface area contributed by atoms with Crippen LogP contribution in [0.25, 0.3) is 0 Å². The average Bonchev–Trinajstić information content (AvgIpc) is 2.41. The summed E-state index contributed by atoms with van der Waals surface area (Å²) in [5.74, 6) is -0.0783. The number of hydrogen-bond acceptors (Lipinski definition) is 2. The Morgan fingerprint density at radius 2 is 2.26 bits per heavy atom. The fourth-order valence-electron chi connectivity index (χ4n) is 2.71. The first kappa shape index (κ1) is 14.0. The molecule has 1 aromatic carbocycles. The van der Waals surface area contributed by atoms with Gasteiger partial charge in [-0.1, -0.05) is 19.1 Å². The molecule has 0 radical (unpaired) electrons. The van der Waals surface area contributed by atoms with Gasteiger partial charge in [0.05, 0.1) is 5.56 Å². The topological polar surface area (TPSA) is 46.3 Å². The van der Waals surface area contributed by atoms with E-state index in [9.17, 15) is 9.18 Å². The molecule has 3 nitrogen and oxygen atoms in total. The summed E-state index contributed by atoms with van der Waals surface area (Å²) in [4.78, 5) is 14.2. The van der Waals surface area contributed by atoms with E-state index in [2.05, 4.69) is 6.92 Å². The van der Waals surface area contributed by atoms with Crippen molar-refractivity contribution < 1.29 is 9.18 Å². The Hall–Kier alpha value is -1.42. The first-order valence-corrected chi connectivity index (χ1v) is 6.80. The van der Waals surface area contributed by atoms with E-state index in [-0.39, 0.29) is 17.5 Å². The lowest BCUT2D eigenvalue weighted by Gasteiger charge is -2.38. The molecule has 1 saturated heterocycles. The Labute approximate surface area is 113 Å². The highest BCUT2D eigenvalue weighted by Crippen LogP contribution is 2.24. The van der Waals surface area contributed by atoms with Gasteiger partial charge in [-0.05, 0) is 37.3 Å². The molecule has 1 aliphatic rings. The summed E-state index contributed by atoms with van der Waals surface area (Å²) in [6.07, 6.45) is 1.85.